The summed E-state index contributed by atoms with van der Waals surface area (Å²) in [6.45, 7) is 16.2. The van der Waals surface area contributed by atoms with Crippen molar-refractivity contribution in [3.63, 3.8) is 0 Å². The van der Waals surface area contributed by atoms with Crippen molar-refractivity contribution in [2.24, 2.45) is 17.3 Å². The number of unbranched alkanes of at least 4 members (excludes halogenated alkanes) is 3. The average Bonchev–Trinajstić information content (AvgIpc) is 3.72. The molecule has 1 aliphatic rings. The molecule has 0 saturated carbocycles. The number of ether oxygens (including phenoxy) is 1. The van der Waals surface area contributed by atoms with Crippen molar-refractivity contribution in [2.75, 3.05) is 39.0 Å². The highest BCUT2D eigenvalue weighted by Crippen LogP contribution is 2.32. The Hall–Kier alpha value is -4.41. The fourth-order valence-electron chi connectivity index (χ4n) is 8.10. The van der Waals surface area contributed by atoms with Crippen LogP contribution in [0.4, 0.5) is 5.69 Å². The molecule has 5 N–H and O–H groups in total. The van der Waals surface area contributed by atoms with Crippen LogP contribution in [0.2, 0.25) is 0 Å². The van der Waals surface area contributed by atoms with E-state index in [-0.39, 0.29) is 60.7 Å². The topological polar surface area (TPSA) is 199 Å². The molecule has 6 atom stereocenters. The summed E-state index contributed by atoms with van der Waals surface area (Å²) in [4.78, 5) is 88.2. The molecule has 352 valence electrons. The summed E-state index contributed by atoms with van der Waals surface area (Å²) in [7, 11) is 3.64. The molecule has 1 saturated heterocycles. The summed E-state index contributed by atoms with van der Waals surface area (Å²) in [6, 6.07) is 5.12. The Morgan fingerprint density at radius 1 is 1.02 bits per heavy atom. The van der Waals surface area contributed by atoms with Gasteiger partial charge in [0.25, 0.3) is 5.91 Å². The van der Waals surface area contributed by atoms with Gasteiger partial charge in [-0.3, -0.25) is 33.7 Å². The Morgan fingerprint density at radius 2 is 1.71 bits per heavy atom. The highest BCUT2D eigenvalue weighted by Gasteiger charge is 2.39. The number of carboxylic acid groups (broad SMARTS) is 1. The van der Waals surface area contributed by atoms with Gasteiger partial charge in [-0.15, -0.1) is 11.3 Å². The van der Waals surface area contributed by atoms with Gasteiger partial charge in [0.15, 0.2) is 6.10 Å². The minimum atomic E-state index is -1.17. The van der Waals surface area contributed by atoms with Crippen LogP contribution in [0.15, 0.2) is 29.6 Å². The van der Waals surface area contributed by atoms with Crippen LogP contribution in [0, 0.1) is 17.3 Å². The highest BCUT2D eigenvalue weighted by molar-refractivity contribution is 7.09. The number of thiazole rings is 1. The number of carbonyl (C=O) groups is 6. The van der Waals surface area contributed by atoms with Crippen molar-refractivity contribution < 1.29 is 38.6 Å². The number of nitrogens with one attached hydrogen (secondary N) is 4. The third-order valence-corrected chi connectivity index (χ3v) is 13.0. The first-order valence-electron chi connectivity index (χ1n) is 22.8. The number of nitrogens with zero attached hydrogens (tertiary/aromatic N) is 3. The van der Waals surface area contributed by atoms with E-state index in [0.29, 0.717) is 30.1 Å². The summed E-state index contributed by atoms with van der Waals surface area (Å²) in [5.74, 6) is -2.73. The predicted molar refractivity (Wildman–Crippen MR) is 247 cm³/mol. The quantitative estimate of drug-likeness (QED) is 0.0505. The van der Waals surface area contributed by atoms with Crippen LogP contribution in [0.3, 0.4) is 0 Å². The van der Waals surface area contributed by atoms with Crippen molar-refractivity contribution >= 4 is 52.6 Å². The van der Waals surface area contributed by atoms with Crippen molar-refractivity contribution in [2.45, 2.75) is 156 Å². The molecule has 15 nitrogen and oxygen atoms in total. The van der Waals surface area contributed by atoms with E-state index >= 15 is 0 Å². The number of aliphatic carboxylic acids is 1. The number of likely N-dealkylation sites (N-methyl/N-ethyl adjacent to an activating group) is 2. The van der Waals surface area contributed by atoms with Crippen molar-refractivity contribution in [3.05, 3.63) is 45.9 Å². The van der Waals surface area contributed by atoms with Gasteiger partial charge in [-0.2, -0.15) is 0 Å². The first-order valence-corrected chi connectivity index (χ1v) is 23.7. The zero-order chi connectivity index (χ0) is 46.9. The van der Waals surface area contributed by atoms with Gasteiger partial charge in [-0.1, -0.05) is 78.9 Å². The molecule has 1 fully saturated rings. The number of piperidine rings is 1. The lowest BCUT2D eigenvalue weighted by molar-refractivity contribution is -0.150. The highest BCUT2D eigenvalue weighted by atomic mass is 32.1. The summed E-state index contributed by atoms with van der Waals surface area (Å²) in [6.07, 6.45) is 6.94. The molecule has 1 aliphatic heterocycles. The first kappa shape index (κ1) is 52.9. The average molecular weight is 898 g/mol. The number of esters is 1. The van der Waals surface area contributed by atoms with Crippen molar-refractivity contribution in [1.82, 2.24) is 30.7 Å². The predicted octanol–water partition coefficient (Wildman–Crippen LogP) is 6.59. The van der Waals surface area contributed by atoms with Gasteiger partial charge in [0.1, 0.15) is 16.7 Å². The Kier molecular flexibility index (Phi) is 21.7. The Morgan fingerprint density at radius 3 is 2.30 bits per heavy atom. The zero-order valence-corrected chi connectivity index (χ0v) is 40.2. The molecule has 0 aliphatic carbocycles. The van der Waals surface area contributed by atoms with E-state index in [9.17, 15) is 33.9 Å². The number of likely N-dealkylation sites (tertiary alicyclic amines) is 1. The number of benzene rings is 1. The number of carbonyl (C=O) groups excluding carboxylic acids is 5. The van der Waals surface area contributed by atoms with Crippen LogP contribution in [-0.2, 0) is 35.1 Å². The summed E-state index contributed by atoms with van der Waals surface area (Å²) >= 11 is 1.18. The van der Waals surface area contributed by atoms with E-state index in [2.05, 4.69) is 38.1 Å². The fraction of sp³-hybridized carbons (Fsp3) is 0.681. The van der Waals surface area contributed by atoms with Gasteiger partial charge in [0, 0.05) is 43.0 Å². The second-order valence-electron chi connectivity index (χ2n) is 18.2. The number of hydrogen-bond donors (Lipinski definition) is 5. The van der Waals surface area contributed by atoms with E-state index in [0.717, 1.165) is 57.1 Å². The molecule has 2 heterocycles. The van der Waals surface area contributed by atoms with E-state index < -0.39 is 47.5 Å². The summed E-state index contributed by atoms with van der Waals surface area (Å²) < 4.78 is 5.94. The minimum Gasteiger partial charge on any atom is -0.481 e. The molecule has 0 bridgehead atoms. The normalized spacial score (nSPS) is 16.9. The van der Waals surface area contributed by atoms with Gasteiger partial charge in [-0.05, 0) is 96.1 Å². The molecule has 3 rings (SSSR count). The molecule has 1 aromatic heterocycles. The van der Waals surface area contributed by atoms with Crippen LogP contribution in [-0.4, -0.2) is 113 Å². The standard InChI is InChI=1S/C47H75N7O8S/c1-11-13-14-16-24-54(45(59)41(31(5)12-2)52-43(58)37-18-15-17-23-53(37)10)38(30(3)4)26-39(62-32(6)55)44-51-36(29-63-44)42(57)50-35(27-47(7,8)46(60)61)25-33-19-21-34(22-20-33)49-40(56)28-48-9/h19-22,29-31,35,37-39,41,48H,11-18,23-28H2,1-10H3,(H,49,56)(H,50,57)(H,52,58)(H,60,61)/t31-,35-,37+,38+,39+,41-/m0/s1. The lowest BCUT2D eigenvalue weighted by Gasteiger charge is -2.40. The number of carboxylic acids is 1. The van der Waals surface area contributed by atoms with E-state index in [1.807, 2.05) is 51.8 Å². The molecule has 0 unspecified atom stereocenters. The number of hydrogen-bond acceptors (Lipinski definition) is 11. The number of anilines is 1. The second-order valence-corrected chi connectivity index (χ2v) is 19.1. The van der Waals surface area contributed by atoms with Crippen molar-refractivity contribution in [3.8, 4) is 0 Å². The minimum absolute atomic E-state index is 0.0734. The summed E-state index contributed by atoms with van der Waals surface area (Å²) in [5, 5.41) is 23.8. The maximum Gasteiger partial charge on any atom is 0.309 e. The third-order valence-electron chi connectivity index (χ3n) is 12.1. The third kappa shape index (κ3) is 16.6. The maximum absolute atomic E-state index is 14.9. The van der Waals surface area contributed by atoms with Crippen LogP contribution >= 0.6 is 11.3 Å². The number of rotatable bonds is 26. The Balaban J connectivity index is 1.93. The monoisotopic (exact) mass is 898 g/mol. The SMILES string of the molecule is CCCCCCN(C(=O)[C@@H](NC(=O)[C@H]1CCCCN1C)[C@@H](C)CC)[C@H](C[C@@H](OC(C)=O)c1nc(C(=O)N[C@@H](Cc2ccc(NC(=O)CNC)cc2)CC(C)(C)C(=O)O)cs1)C(C)C. The zero-order valence-electron chi connectivity index (χ0n) is 39.4. The van der Waals surface area contributed by atoms with E-state index in [4.69, 9.17) is 4.74 Å². The molecular formula is C47H75N7O8S. The first-order chi connectivity index (χ1) is 29.8. The number of aromatic nitrogens is 1. The Bertz CT molecular complexity index is 1800. The fourth-order valence-corrected chi connectivity index (χ4v) is 8.93. The van der Waals surface area contributed by atoms with Crippen molar-refractivity contribution in [1.29, 1.82) is 0 Å². The largest absolute Gasteiger partial charge is 0.481 e. The molecule has 0 radical (unpaired) electrons. The van der Waals surface area contributed by atoms with E-state index in [1.54, 1.807) is 38.4 Å². The van der Waals surface area contributed by atoms with Gasteiger partial charge in [-0.25, -0.2) is 4.98 Å². The summed E-state index contributed by atoms with van der Waals surface area (Å²) in [5.41, 5.74) is 0.360. The lowest BCUT2D eigenvalue weighted by atomic mass is 9.84. The molecular weight excluding hydrogens is 823 g/mol. The van der Waals surface area contributed by atoms with Gasteiger partial charge >= 0.3 is 11.9 Å². The second kappa shape index (κ2) is 25.8. The molecule has 63 heavy (non-hydrogen) atoms. The van der Waals surface area contributed by atoms with Gasteiger partial charge in [0.05, 0.1) is 18.0 Å². The Labute approximate surface area is 379 Å². The maximum atomic E-state index is 14.9. The van der Waals surface area contributed by atoms with Crippen LogP contribution in [0.25, 0.3) is 0 Å². The molecule has 1 aromatic carbocycles. The van der Waals surface area contributed by atoms with Crippen LogP contribution in [0.1, 0.15) is 147 Å². The smallest absolute Gasteiger partial charge is 0.309 e. The van der Waals surface area contributed by atoms with Gasteiger partial charge < -0.3 is 36.0 Å². The lowest BCUT2D eigenvalue weighted by Crippen LogP contribution is -2.59. The molecule has 2 aromatic rings. The van der Waals surface area contributed by atoms with E-state index in [1.165, 1.54) is 18.3 Å². The molecule has 4 amide bonds. The van der Waals surface area contributed by atoms with Crippen LogP contribution in [0.5, 0.6) is 0 Å². The van der Waals surface area contributed by atoms with Gasteiger partial charge in [0.2, 0.25) is 17.7 Å². The van der Waals surface area contributed by atoms with Crippen LogP contribution < -0.4 is 21.3 Å². The molecule has 16 heteroatoms. The number of amides is 4. The molecule has 0 spiro atoms.